The molecule has 0 radical (unpaired) electrons. The molecule has 0 amide bonds. The molecular formula is C21H22F3N3O2S. The fraction of sp³-hybridized carbons (Fsp3) is 0.286. The summed E-state index contributed by atoms with van der Waals surface area (Å²) < 4.78 is 68.2. The van der Waals surface area contributed by atoms with Gasteiger partial charge in [-0.15, -0.1) is 0 Å². The van der Waals surface area contributed by atoms with E-state index in [1.165, 1.54) is 6.20 Å². The Balaban J connectivity index is 1.94. The van der Waals surface area contributed by atoms with Crippen LogP contribution in [0.2, 0.25) is 0 Å². The van der Waals surface area contributed by atoms with E-state index in [9.17, 15) is 21.6 Å². The molecule has 0 aliphatic rings. The standard InChI is InChI=1S/C21H22F3N3O2S/c1-20(2,3)19-18(14-27(25-19)13-15-7-5-4-6-8-15)30(28,29)26-17-11-9-16(10-12-17)21(22,23)24/h4-12,14,26H,13H2,1-3H3. The average Bonchev–Trinajstić information content (AvgIpc) is 3.07. The highest BCUT2D eigenvalue weighted by molar-refractivity contribution is 7.92. The molecule has 0 saturated carbocycles. The van der Waals surface area contributed by atoms with Crippen LogP contribution in [0.5, 0.6) is 0 Å². The lowest BCUT2D eigenvalue weighted by atomic mass is 9.92. The van der Waals surface area contributed by atoms with E-state index >= 15 is 0 Å². The van der Waals surface area contributed by atoms with Crippen molar-refractivity contribution in [2.24, 2.45) is 0 Å². The molecule has 160 valence electrons. The molecule has 0 fully saturated rings. The molecule has 0 saturated heterocycles. The van der Waals surface area contributed by atoms with E-state index in [1.54, 1.807) is 4.68 Å². The van der Waals surface area contributed by atoms with Gasteiger partial charge in [0.2, 0.25) is 0 Å². The maximum absolute atomic E-state index is 13.0. The van der Waals surface area contributed by atoms with Gasteiger partial charge in [0, 0.05) is 17.3 Å². The third-order valence-corrected chi connectivity index (χ3v) is 5.76. The Morgan fingerprint density at radius 3 is 2.10 bits per heavy atom. The van der Waals surface area contributed by atoms with Crippen LogP contribution in [0.15, 0.2) is 65.7 Å². The molecule has 30 heavy (non-hydrogen) atoms. The average molecular weight is 437 g/mol. The van der Waals surface area contributed by atoms with Crippen LogP contribution in [0.25, 0.3) is 0 Å². The highest BCUT2D eigenvalue weighted by Gasteiger charge is 2.32. The normalized spacial score (nSPS) is 12.7. The molecule has 1 heterocycles. The van der Waals surface area contributed by atoms with Crippen molar-refractivity contribution in [3.8, 4) is 0 Å². The Morgan fingerprint density at radius 2 is 1.57 bits per heavy atom. The SMILES string of the molecule is CC(C)(C)c1nn(Cc2ccccc2)cc1S(=O)(=O)Nc1ccc(C(F)(F)F)cc1. The summed E-state index contributed by atoms with van der Waals surface area (Å²) in [7, 11) is -4.06. The number of sulfonamides is 1. The molecule has 5 nitrogen and oxygen atoms in total. The van der Waals surface area contributed by atoms with Crippen LogP contribution < -0.4 is 4.72 Å². The van der Waals surface area contributed by atoms with Crippen molar-refractivity contribution >= 4 is 15.7 Å². The van der Waals surface area contributed by atoms with Gasteiger partial charge in [-0.25, -0.2) is 8.42 Å². The minimum atomic E-state index is -4.49. The zero-order valence-electron chi connectivity index (χ0n) is 16.7. The molecular weight excluding hydrogens is 415 g/mol. The Kier molecular flexibility index (Phi) is 5.68. The van der Waals surface area contributed by atoms with Crippen LogP contribution in [-0.2, 0) is 28.2 Å². The number of rotatable bonds is 5. The number of nitrogens with zero attached hydrogens (tertiary/aromatic N) is 2. The number of hydrogen-bond donors (Lipinski definition) is 1. The second-order valence-corrected chi connectivity index (χ2v) is 9.61. The molecule has 1 aromatic heterocycles. The molecule has 0 atom stereocenters. The first-order chi connectivity index (χ1) is 13.9. The summed E-state index contributed by atoms with van der Waals surface area (Å²) in [5.74, 6) is 0. The van der Waals surface area contributed by atoms with Gasteiger partial charge in [0.15, 0.2) is 0 Å². The van der Waals surface area contributed by atoms with Gasteiger partial charge in [0.1, 0.15) is 4.90 Å². The third-order valence-electron chi connectivity index (χ3n) is 4.38. The zero-order valence-corrected chi connectivity index (χ0v) is 17.6. The number of hydrogen-bond acceptors (Lipinski definition) is 3. The predicted molar refractivity (Wildman–Crippen MR) is 109 cm³/mol. The number of halogens is 3. The number of aromatic nitrogens is 2. The van der Waals surface area contributed by atoms with Gasteiger partial charge in [0.25, 0.3) is 10.0 Å². The number of benzene rings is 2. The number of alkyl halides is 3. The first-order valence-electron chi connectivity index (χ1n) is 9.18. The Labute approximate surface area is 173 Å². The fourth-order valence-corrected chi connectivity index (χ4v) is 4.33. The minimum Gasteiger partial charge on any atom is -0.280 e. The van der Waals surface area contributed by atoms with Crippen LogP contribution in [0.1, 0.15) is 37.6 Å². The molecule has 2 aromatic carbocycles. The van der Waals surface area contributed by atoms with Crippen LogP contribution >= 0.6 is 0 Å². The Bertz CT molecular complexity index is 1120. The summed E-state index contributed by atoms with van der Waals surface area (Å²) in [6, 6.07) is 13.3. The summed E-state index contributed by atoms with van der Waals surface area (Å²) in [6.45, 7) is 5.93. The summed E-state index contributed by atoms with van der Waals surface area (Å²) in [5.41, 5.74) is -0.0419. The summed E-state index contributed by atoms with van der Waals surface area (Å²) in [5, 5.41) is 4.48. The maximum Gasteiger partial charge on any atom is 0.416 e. The Morgan fingerprint density at radius 1 is 0.967 bits per heavy atom. The van der Waals surface area contributed by atoms with Crippen LogP contribution in [0.4, 0.5) is 18.9 Å². The lowest BCUT2D eigenvalue weighted by molar-refractivity contribution is -0.137. The molecule has 0 spiro atoms. The van der Waals surface area contributed by atoms with E-state index in [1.807, 2.05) is 51.1 Å². The molecule has 0 aliphatic carbocycles. The lowest BCUT2D eigenvalue weighted by Gasteiger charge is -2.18. The topological polar surface area (TPSA) is 64.0 Å². The Hall–Kier alpha value is -2.81. The van der Waals surface area contributed by atoms with Crippen LogP contribution in [0.3, 0.4) is 0 Å². The summed E-state index contributed by atoms with van der Waals surface area (Å²) >= 11 is 0. The van der Waals surface area contributed by atoms with E-state index in [2.05, 4.69) is 9.82 Å². The van der Waals surface area contributed by atoms with E-state index in [0.29, 0.717) is 12.2 Å². The van der Waals surface area contributed by atoms with Crippen molar-refractivity contribution in [2.75, 3.05) is 4.72 Å². The second kappa shape index (κ2) is 7.79. The molecule has 0 aliphatic heterocycles. The van der Waals surface area contributed by atoms with Crippen molar-refractivity contribution < 1.29 is 21.6 Å². The fourth-order valence-electron chi connectivity index (χ4n) is 2.91. The van der Waals surface area contributed by atoms with E-state index < -0.39 is 27.2 Å². The van der Waals surface area contributed by atoms with Gasteiger partial charge in [-0.2, -0.15) is 18.3 Å². The highest BCUT2D eigenvalue weighted by Crippen LogP contribution is 2.32. The van der Waals surface area contributed by atoms with Gasteiger partial charge in [-0.1, -0.05) is 51.1 Å². The van der Waals surface area contributed by atoms with E-state index in [0.717, 1.165) is 29.8 Å². The van der Waals surface area contributed by atoms with E-state index in [-0.39, 0.29) is 10.6 Å². The van der Waals surface area contributed by atoms with Crippen molar-refractivity contribution in [1.82, 2.24) is 9.78 Å². The lowest BCUT2D eigenvalue weighted by Crippen LogP contribution is -2.20. The van der Waals surface area contributed by atoms with Crippen molar-refractivity contribution in [3.05, 3.63) is 77.6 Å². The van der Waals surface area contributed by atoms with Crippen molar-refractivity contribution in [1.29, 1.82) is 0 Å². The first kappa shape index (κ1) is 21.9. The molecule has 3 rings (SSSR count). The predicted octanol–water partition coefficient (Wildman–Crippen LogP) is 5.05. The number of nitrogens with one attached hydrogen (secondary N) is 1. The molecule has 3 aromatic rings. The van der Waals surface area contributed by atoms with Gasteiger partial charge in [0.05, 0.1) is 17.8 Å². The molecule has 9 heteroatoms. The molecule has 0 unspecified atom stereocenters. The summed E-state index contributed by atoms with van der Waals surface area (Å²) in [4.78, 5) is -0.00849. The zero-order chi connectivity index (χ0) is 22.2. The van der Waals surface area contributed by atoms with Gasteiger partial charge < -0.3 is 0 Å². The first-order valence-corrected chi connectivity index (χ1v) is 10.7. The quantitative estimate of drug-likeness (QED) is 0.608. The summed E-state index contributed by atoms with van der Waals surface area (Å²) in [6.07, 6.45) is -3.05. The molecule has 1 N–H and O–H groups in total. The smallest absolute Gasteiger partial charge is 0.280 e. The maximum atomic E-state index is 13.0. The molecule has 0 bridgehead atoms. The van der Waals surface area contributed by atoms with Crippen LogP contribution in [0, 0.1) is 0 Å². The largest absolute Gasteiger partial charge is 0.416 e. The van der Waals surface area contributed by atoms with E-state index in [4.69, 9.17) is 0 Å². The van der Waals surface area contributed by atoms with Crippen LogP contribution in [-0.4, -0.2) is 18.2 Å². The monoisotopic (exact) mass is 437 g/mol. The van der Waals surface area contributed by atoms with Crippen molar-refractivity contribution in [3.63, 3.8) is 0 Å². The number of anilines is 1. The van der Waals surface area contributed by atoms with Gasteiger partial charge >= 0.3 is 6.18 Å². The second-order valence-electron chi connectivity index (χ2n) is 7.96. The van der Waals surface area contributed by atoms with Gasteiger partial charge in [-0.3, -0.25) is 9.40 Å². The minimum absolute atomic E-state index is 0.00849. The highest BCUT2D eigenvalue weighted by atomic mass is 32.2. The van der Waals surface area contributed by atoms with Gasteiger partial charge in [-0.05, 0) is 29.8 Å². The third kappa shape index (κ3) is 5.02. The van der Waals surface area contributed by atoms with Crippen molar-refractivity contribution in [2.45, 2.75) is 43.8 Å².